The topological polar surface area (TPSA) is 109 Å². The standard InChI is InChI=1S/C25H23N5O5S/c1-33-17-6-2-5-16(15-17)20(28-9-11-29(12-10-28)23(31)19-8-4-14-35-19)21-24(32)30-25(36-21)26-22(27-30)18-7-3-13-34-18/h2-8,13-15,20,32H,9-12H2,1H3/t20-/m0/s1. The van der Waals surface area contributed by atoms with Crippen LogP contribution < -0.4 is 4.74 Å². The van der Waals surface area contributed by atoms with E-state index in [0.29, 0.717) is 48.5 Å². The SMILES string of the molecule is COc1cccc([C@@H](c2sc3nc(-c4ccco4)nn3c2O)N2CCN(C(=O)c3ccco3)CC2)c1. The Kier molecular flexibility index (Phi) is 5.70. The minimum Gasteiger partial charge on any atom is -0.497 e. The van der Waals surface area contributed by atoms with Gasteiger partial charge in [0.15, 0.2) is 11.5 Å². The largest absolute Gasteiger partial charge is 0.497 e. The molecule has 36 heavy (non-hydrogen) atoms. The van der Waals surface area contributed by atoms with Gasteiger partial charge in [-0.25, -0.2) is 0 Å². The van der Waals surface area contributed by atoms with Crippen molar-refractivity contribution in [2.45, 2.75) is 6.04 Å². The maximum Gasteiger partial charge on any atom is 0.289 e. The van der Waals surface area contributed by atoms with Gasteiger partial charge in [-0.2, -0.15) is 9.50 Å². The first-order valence-electron chi connectivity index (χ1n) is 11.5. The van der Waals surface area contributed by atoms with E-state index in [-0.39, 0.29) is 17.8 Å². The third-order valence-electron chi connectivity index (χ3n) is 6.30. The minimum absolute atomic E-state index is 0.0298. The van der Waals surface area contributed by atoms with Crippen molar-refractivity contribution in [1.29, 1.82) is 0 Å². The van der Waals surface area contributed by atoms with Gasteiger partial charge in [-0.3, -0.25) is 9.69 Å². The number of ether oxygens (including phenoxy) is 1. The van der Waals surface area contributed by atoms with E-state index in [1.807, 2.05) is 24.3 Å². The monoisotopic (exact) mass is 505 g/mol. The average molecular weight is 506 g/mol. The number of carbonyl (C=O) groups is 1. The number of hydrogen-bond donors (Lipinski definition) is 1. The van der Waals surface area contributed by atoms with Gasteiger partial charge in [0.05, 0.1) is 30.6 Å². The Morgan fingerprint density at radius 1 is 1.08 bits per heavy atom. The number of thiazole rings is 1. The first-order chi connectivity index (χ1) is 17.6. The van der Waals surface area contributed by atoms with Crippen LogP contribution in [0.4, 0.5) is 0 Å². The van der Waals surface area contributed by atoms with Crippen LogP contribution in [0.1, 0.15) is 27.0 Å². The van der Waals surface area contributed by atoms with Gasteiger partial charge in [0.1, 0.15) is 5.75 Å². The quantitative estimate of drug-likeness (QED) is 0.370. The molecule has 1 fully saturated rings. The van der Waals surface area contributed by atoms with E-state index in [9.17, 15) is 9.90 Å². The molecule has 1 aromatic carbocycles. The molecule has 0 saturated carbocycles. The molecule has 0 bridgehead atoms. The summed E-state index contributed by atoms with van der Waals surface area (Å²) in [5, 5.41) is 15.7. The number of nitrogens with zero attached hydrogens (tertiary/aromatic N) is 5. The highest BCUT2D eigenvalue weighted by Gasteiger charge is 2.33. The van der Waals surface area contributed by atoms with Crippen molar-refractivity contribution in [3.05, 3.63) is 77.3 Å². The third-order valence-corrected chi connectivity index (χ3v) is 7.37. The fourth-order valence-corrected chi connectivity index (χ4v) is 5.63. The number of fused-ring (bicyclic) bond motifs is 1. The van der Waals surface area contributed by atoms with Gasteiger partial charge in [0.2, 0.25) is 16.7 Å². The summed E-state index contributed by atoms with van der Waals surface area (Å²) in [6.45, 7) is 2.28. The molecule has 1 atom stereocenters. The molecule has 1 saturated heterocycles. The number of methoxy groups -OCH3 is 1. The van der Waals surface area contributed by atoms with Crippen molar-refractivity contribution in [2.24, 2.45) is 0 Å². The zero-order valence-electron chi connectivity index (χ0n) is 19.4. The molecule has 0 unspecified atom stereocenters. The summed E-state index contributed by atoms with van der Waals surface area (Å²) in [6, 6.07) is 14.5. The van der Waals surface area contributed by atoms with Gasteiger partial charge in [0, 0.05) is 26.2 Å². The number of aromatic hydroxyl groups is 1. The average Bonchev–Trinajstić information content (AvgIpc) is 3.71. The van der Waals surface area contributed by atoms with Crippen molar-refractivity contribution in [2.75, 3.05) is 33.3 Å². The molecule has 184 valence electrons. The Morgan fingerprint density at radius 3 is 2.58 bits per heavy atom. The van der Waals surface area contributed by atoms with E-state index in [0.717, 1.165) is 16.2 Å². The predicted molar refractivity (Wildman–Crippen MR) is 131 cm³/mol. The second-order valence-electron chi connectivity index (χ2n) is 8.38. The summed E-state index contributed by atoms with van der Waals surface area (Å²) in [5.41, 5.74) is 0.964. The van der Waals surface area contributed by atoms with Crippen LogP contribution >= 0.6 is 11.3 Å². The predicted octanol–water partition coefficient (Wildman–Crippen LogP) is 3.91. The van der Waals surface area contributed by atoms with Crippen LogP contribution in [0.5, 0.6) is 11.6 Å². The number of piperazine rings is 1. The van der Waals surface area contributed by atoms with Gasteiger partial charge in [0.25, 0.3) is 5.91 Å². The van der Waals surface area contributed by atoms with Gasteiger partial charge in [-0.15, -0.1) is 5.10 Å². The molecular formula is C25H23N5O5S. The third kappa shape index (κ3) is 3.91. The Bertz CT molecular complexity index is 1480. The smallest absolute Gasteiger partial charge is 0.289 e. The van der Waals surface area contributed by atoms with Crippen molar-refractivity contribution < 1.29 is 23.5 Å². The van der Waals surface area contributed by atoms with Crippen LogP contribution in [0.25, 0.3) is 16.5 Å². The number of aromatic nitrogens is 3. The second kappa shape index (κ2) is 9.17. The molecule has 10 nitrogen and oxygen atoms in total. The molecule has 0 aliphatic carbocycles. The van der Waals surface area contributed by atoms with Crippen molar-refractivity contribution in [3.63, 3.8) is 0 Å². The van der Waals surface area contributed by atoms with Gasteiger partial charge < -0.3 is 23.6 Å². The van der Waals surface area contributed by atoms with Gasteiger partial charge in [-0.05, 0) is 42.0 Å². The summed E-state index contributed by atoms with van der Waals surface area (Å²) < 4.78 is 17.6. The Morgan fingerprint density at radius 2 is 1.89 bits per heavy atom. The molecule has 6 rings (SSSR count). The Hall–Kier alpha value is -4.09. The number of hydrogen-bond acceptors (Lipinski definition) is 9. The Balaban J connectivity index is 1.33. The van der Waals surface area contributed by atoms with Crippen LogP contribution in [0.15, 0.2) is 69.9 Å². The summed E-state index contributed by atoms with van der Waals surface area (Å²) in [5.74, 6) is 1.92. The maximum atomic E-state index is 12.8. The van der Waals surface area contributed by atoms with E-state index in [1.54, 1.807) is 42.5 Å². The van der Waals surface area contributed by atoms with Gasteiger partial charge >= 0.3 is 0 Å². The van der Waals surface area contributed by atoms with Crippen LogP contribution in [0.3, 0.4) is 0 Å². The van der Waals surface area contributed by atoms with Crippen LogP contribution in [-0.4, -0.2) is 68.7 Å². The van der Waals surface area contributed by atoms with E-state index in [1.165, 1.54) is 22.1 Å². The lowest BCUT2D eigenvalue weighted by Crippen LogP contribution is -2.49. The van der Waals surface area contributed by atoms with Crippen LogP contribution in [-0.2, 0) is 0 Å². The summed E-state index contributed by atoms with van der Waals surface area (Å²) >= 11 is 1.38. The zero-order valence-corrected chi connectivity index (χ0v) is 20.2. The fourth-order valence-electron chi connectivity index (χ4n) is 4.52. The van der Waals surface area contributed by atoms with E-state index in [4.69, 9.17) is 13.6 Å². The molecule has 1 aliphatic heterocycles. The molecule has 5 heterocycles. The first-order valence-corrected chi connectivity index (χ1v) is 12.3. The lowest BCUT2D eigenvalue weighted by molar-refractivity contribution is 0.0567. The summed E-state index contributed by atoms with van der Waals surface area (Å²) in [7, 11) is 1.63. The number of rotatable bonds is 6. The Labute approximate surface area is 209 Å². The number of furan rings is 2. The first kappa shape index (κ1) is 22.4. The molecule has 5 aromatic rings. The lowest BCUT2D eigenvalue weighted by Gasteiger charge is -2.38. The summed E-state index contributed by atoms with van der Waals surface area (Å²) in [6.07, 6.45) is 3.06. The minimum atomic E-state index is -0.276. The van der Waals surface area contributed by atoms with E-state index < -0.39 is 0 Å². The van der Waals surface area contributed by atoms with E-state index >= 15 is 0 Å². The highest BCUT2D eigenvalue weighted by molar-refractivity contribution is 7.17. The molecule has 1 N–H and O–H groups in total. The highest BCUT2D eigenvalue weighted by atomic mass is 32.1. The van der Waals surface area contributed by atoms with E-state index in [2.05, 4.69) is 15.0 Å². The molecule has 1 amide bonds. The van der Waals surface area contributed by atoms with Crippen molar-refractivity contribution in [1.82, 2.24) is 24.4 Å². The van der Waals surface area contributed by atoms with Crippen LogP contribution in [0.2, 0.25) is 0 Å². The van der Waals surface area contributed by atoms with Gasteiger partial charge in [-0.1, -0.05) is 23.5 Å². The summed E-state index contributed by atoms with van der Waals surface area (Å²) in [4.78, 5) is 22.6. The molecular weight excluding hydrogens is 482 g/mol. The molecule has 0 radical (unpaired) electrons. The number of benzene rings is 1. The van der Waals surface area contributed by atoms with Crippen molar-refractivity contribution >= 4 is 22.2 Å². The zero-order chi connectivity index (χ0) is 24.6. The lowest BCUT2D eigenvalue weighted by atomic mass is 10.0. The maximum absolute atomic E-state index is 12.8. The highest BCUT2D eigenvalue weighted by Crippen LogP contribution is 2.41. The number of amides is 1. The normalized spacial score (nSPS) is 15.4. The second-order valence-corrected chi connectivity index (χ2v) is 9.39. The number of carbonyl (C=O) groups excluding carboxylic acids is 1. The van der Waals surface area contributed by atoms with Crippen LogP contribution in [0, 0.1) is 0 Å². The van der Waals surface area contributed by atoms with Crippen molar-refractivity contribution in [3.8, 4) is 23.2 Å². The molecule has 11 heteroatoms. The molecule has 1 aliphatic rings. The molecule has 0 spiro atoms. The molecule has 4 aromatic heterocycles. The fraction of sp³-hybridized carbons (Fsp3) is 0.240.